The quantitative estimate of drug-likeness (QED) is 0.778. The molecule has 0 unspecified atom stereocenters. The third-order valence-corrected chi connectivity index (χ3v) is 3.74. The normalized spacial score (nSPS) is 15.4. The lowest BCUT2D eigenvalue weighted by Gasteiger charge is -2.25. The van der Waals surface area contributed by atoms with E-state index >= 15 is 0 Å². The molecule has 1 fully saturated rings. The molecule has 1 amide bonds. The maximum atomic E-state index is 12.3. The Morgan fingerprint density at radius 3 is 2.95 bits per heavy atom. The Labute approximate surface area is 125 Å². The molecule has 112 valence electrons. The van der Waals surface area contributed by atoms with E-state index in [0.717, 1.165) is 16.5 Å². The molecule has 1 aliphatic heterocycles. The number of H-pyrrole nitrogens is 1. The molecule has 1 aromatic carbocycles. The van der Waals surface area contributed by atoms with Crippen LogP contribution in [0.1, 0.15) is 10.7 Å². The van der Waals surface area contributed by atoms with Crippen molar-refractivity contribution in [1.82, 2.24) is 20.0 Å². The second-order valence-electron chi connectivity index (χ2n) is 5.07. The number of aromatic amines is 1. The summed E-state index contributed by atoms with van der Waals surface area (Å²) < 4.78 is 10.4. The van der Waals surface area contributed by atoms with Gasteiger partial charge in [-0.3, -0.25) is 4.79 Å². The predicted octanol–water partition coefficient (Wildman–Crippen LogP) is 1.69. The molecule has 1 aliphatic rings. The largest absolute Gasteiger partial charge is 0.378 e. The van der Waals surface area contributed by atoms with Crippen LogP contribution in [0.15, 0.2) is 35.0 Å². The molecular formula is C15H14N4O3. The average molecular weight is 298 g/mol. The summed E-state index contributed by atoms with van der Waals surface area (Å²) in [6.07, 6.45) is 1.86. The third-order valence-electron chi connectivity index (χ3n) is 3.74. The van der Waals surface area contributed by atoms with E-state index in [9.17, 15) is 4.79 Å². The van der Waals surface area contributed by atoms with Gasteiger partial charge in [-0.25, -0.2) is 0 Å². The first kappa shape index (κ1) is 13.0. The minimum absolute atomic E-state index is 0.0180. The van der Waals surface area contributed by atoms with E-state index in [1.807, 2.05) is 30.5 Å². The highest BCUT2D eigenvalue weighted by Gasteiger charge is 2.24. The van der Waals surface area contributed by atoms with Crippen LogP contribution in [0.3, 0.4) is 0 Å². The second kappa shape index (κ2) is 5.27. The zero-order valence-corrected chi connectivity index (χ0v) is 11.8. The monoisotopic (exact) mass is 298 g/mol. The van der Waals surface area contributed by atoms with Crippen molar-refractivity contribution in [3.63, 3.8) is 0 Å². The second-order valence-corrected chi connectivity index (χ2v) is 5.07. The first-order valence-corrected chi connectivity index (χ1v) is 7.10. The first-order chi connectivity index (χ1) is 10.8. The zero-order chi connectivity index (χ0) is 14.9. The van der Waals surface area contributed by atoms with Gasteiger partial charge < -0.3 is 19.1 Å². The summed E-state index contributed by atoms with van der Waals surface area (Å²) in [5.41, 5.74) is 1.83. The standard InChI is InChI=1S/C15H14N4O3/c20-15(19-6-8-21-9-7-19)14-17-13(18-22-14)11-2-1-3-12-10(11)4-5-16-12/h1-5,16H,6-9H2. The minimum atomic E-state index is -0.247. The lowest BCUT2D eigenvalue weighted by molar-refractivity contribution is 0.0272. The number of carbonyl (C=O) groups is 1. The van der Waals surface area contributed by atoms with Crippen LogP contribution in [-0.4, -0.2) is 52.2 Å². The van der Waals surface area contributed by atoms with Crippen molar-refractivity contribution in [2.75, 3.05) is 26.3 Å². The maximum absolute atomic E-state index is 12.3. The van der Waals surface area contributed by atoms with E-state index in [1.54, 1.807) is 4.90 Å². The van der Waals surface area contributed by atoms with Crippen LogP contribution in [0.5, 0.6) is 0 Å². The maximum Gasteiger partial charge on any atom is 0.316 e. The van der Waals surface area contributed by atoms with Gasteiger partial charge in [0.25, 0.3) is 0 Å². The number of amides is 1. The molecule has 0 spiro atoms. The molecule has 0 aliphatic carbocycles. The van der Waals surface area contributed by atoms with Crippen LogP contribution in [0.2, 0.25) is 0 Å². The fraction of sp³-hybridized carbons (Fsp3) is 0.267. The van der Waals surface area contributed by atoms with E-state index in [4.69, 9.17) is 9.26 Å². The number of rotatable bonds is 2. The summed E-state index contributed by atoms with van der Waals surface area (Å²) in [4.78, 5) is 21.4. The summed E-state index contributed by atoms with van der Waals surface area (Å²) >= 11 is 0. The van der Waals surface area contributed by atoms with E-state index in [2.05, 4.69) is 15.1 Å². The molecular weight excluding hydrogens is 284 g/mol. The molecule has 0 atom stereocenters. The van der Waals surface area contributed by atoms with Gasteiger partial charge in [-0.1, -0.05) is 17.3 Å². The number of benzene rings is 1. The van der Waals surface area contributed by atoms with E-state index in [-0.39, 0.29) is 11.8 Å². The molecule has 7 nitrogen and oxygen atoms in total. The fourth-order valence-corrected chi connectivity index (χ4v) is 2.60. The number of nitrogens with one attached hydrogen (secondary N) is 1. The average Bonchev–Trinajstić information content (AvgIpc) is 3.24. The summed E-state index contributed by atoms with van der Waals surface area (Å²) in [6.45, 7) is 2.17. The highest BCUT2D eigenvalue weighted by atomic mass is 16.5. The molecule has 22 heavy (non-hydrogen) atoms. The van der Waals surface area contributed by atoms with E-state index < -0.39 is 0 Å². The number of nitrogens with zero attached hydrogens (tertiary/aromatic N) is 3. The van der Waals surface area contributed by atoms with Crippen LogP contribution in [0.25, 0.3) is 22.3 Å². The van der Waals surface area contributed by atoms with Crippen molar-refractivity contribution in [1.29, 1.82) is 0 Å². The number of aromatic nitrogens is 3. The van der Waals surface area contributed by atoms with Crippen molar-refractivity contribution in [2.45, 2.75) is 0 Å². The van der Waals surface area contributed by atoms with Gasteiger partial charge >= 0.3 is 11.8 Å². The highest BCUT2D eigenvalue weighted by molar-refractivity contribution is 5.94. The summed E-state index contributed by atoms with van der Waals surface area (Å²) in [5.74, 6) is 0.189. The minimum Gasteiger partial charge on any atom is -0.378 e. The van der Waals surface area contributed by atoms with Crippen molar-refractivity contribution in [2.24, 2.45) is 0 Å². The lowest BCUT2D eigenvalue weighted by Crippen LogP contribution is -2.40. The van der Waals surface area contributed by atoms with E-state index in [1.165, 1.54) is 0 Å². The Morgan fingerprint density at radius 1 is 1.23 bits per heavy atom. The topological polar surface area (TPSA) is 84.2 Å². The summed E-state index contributed by atoms with van der Waals surface area (Å²) in [5, 5.41) is 4.95. The number of hydrogen-bond donors (Lipinski definition) is 1. The van der Waals surface area contributed by atoms with Gasteiger partial charge in [-0.15, -0.1) is 0 Å². The Hall–Kier alpha value is -2.67. The molecule has 3 aromatic rings. The number of hydrogen-bond acceptors (Lipinski definition) is 5. The van der Waals surface area contributed by atoms with E-state index in [0.29, 0.717) is 32.1 Å². The predicted molar refractivity (Wildman–Crippen MR) is 78.3 cm³/mol. The van der Waals surface area contributed by atoms with Crippen LogP contribution in [0.4, 0.5) is 0 Å². The lowest BCUT2D eigenvalue weighted by atomic mass is 10.1. The van der Waals surface area contributed by atoms with Gasteiger partial charge in [0.2, 0.25) is 5.82 Å². The number of morpholine rings is 1. The molecule has 1 saturated heterocycles. The van der Waals surface area contributed by atoms with Crippen LogP contribution in [-0.2, 0) is 4.74 Å². The number of carbonyl (C=O) groups excluding carboxylic acids is 1. The van der Waals surface area contributed by atoms with Crippen LogP contribution >= 0.6 is 0 Å². The molecule has 0 bridgehead atoms. The van der Waals surface area contributed by atoms with Gasteiger partial charge in [0.05, 0.1) is 13.2 Å². The van der Waals surface area contributed by atoms with Gasteiger partial charge in [0, 0.05) is 35.8 Å². The smallest absolute Gasteiger partial charge is 0.316 e. The molecule has 7 heteroatoms. The number of fused-ring (bicyclic) bond motifs is 1. The van der Waals surface area contributed by atoms with Gasteiger partial charge in [0.1, 0.15) is 0 Å². The van der Waals surface area contributed by atoms with Gasteiger partial charge in [-0.05, 0) is 12.1 Å². The van der Waals surface area contributed by atoms with Crippen molar-refractivity contribution in [3.8, 4) is 11.4 Å². The Kier molecular flexibility index (Phi) is 3.12. The Balaban J connectivity index is 1.66. The summed E-state index contributed by atoms with van der Waals surface area (Å²) in [7, 11) is 0. The SMILES string of the molecule is O=C(c1nc(-c2cccc3[nH]ccc23)no1)N1CCOCC1. The zero-order valence-electron chi connectivity index (χ0n) is 11.8. The Bertz CT molecular complexity index is 817. The molecule has 2 aromatic heterocycles. The van der Waals surface area contributed by atoms with Gasteiger partial charge in [0.15, 0.2) is 0 Å². The summed E-state index contributed by atoms with van der Waals surface area (Å²) in [6, 6.07) is 7.74. The van der Waals surface area contributed by atoms with Gasteiger partial charge in [-0.2, -0.15) is 4.98 Å². The first-order valence-electron chi connectivity index (χ1n) is 7.10. The number of ether oxygens (including phenoxy) is 1. The van der Waals surface area contributed by atoms with Crippen molar-refractivity contribution >= 4 is 16.8 Å². The molecule has 0 saturated carbocycles. The molecule has 0 radical (unpaired) electrons. The highest BCUT2D eigenvalue weighted by Crippen LogP contribution is 2.26. The fourth-order valence-electron chi connectivity index (χ4n) is 2.60. The molecule has 1 N–H and O–H groups in total. The van der Waals surface area contributed by atoms with Crippen LogP contribution < -0.4 is 0 Å². The third kappa shape index (κ3) is 2.15. The van der Waals surface area contributed by atoms with Crippen molar-refractivity contribution in [3.05, 3.63) is 36.4 Å². The van der Waals surface area contributed by atoms with Crippen molar-refractivity contribution < 1.29 is 14.1 Å². The van der Waals surface area contributed by atoms with Crippen LogP contribution in [0, 0.1) is 0 Å². The molecule has 4 rings (SSSR count). The Morgan fingerprint density at radius 2 is 2.09 bits per heavy atom. The molecule has 3 heterocycles.